The summed E-state index contributed by atoms with van der Waals surface area (Å²) in [4.78, 5) is 21.5. The van der Waals surface area contributed by atoms with E-state index in [0.29, 0.717) is 19.3 Å². The molecule has 1 aliphatic heterocycles. The highest BCUT2D eigenvalue weighted by Gasteiger charge is 2.28. The average molecular weight is 214 g/mol. The summed E-state index contributed by atoms with van der Waals surface area (Å²) >= 11 is 1.13. The average Bonchev–Trinajstić information content (AvgIpc) is 2.51. The van der Waals surface area contributed by atoms with Crippen LogP contribution < -0.4 is 0 Å². The number of nitrogens with zero attached hydrogens (tertiary/aromatic N) is 1. The number of carboxylic acids is 1. The second-order valence-electron chi connectivity index (χ2n) is 3.09. The summed E-state index contributed by atoms with van der Waals surface area (Å²) in [5.41, 5.74) is 0.206. The van der Waals surface area contributed by atoms with Gasteiger partial charge in [0.2, 0.25) is 18.0 Å². The number of carbonyl (C=O) groups is 1. The quantitative estimate of drug-likeness (QED) is 0.432. The minimum absolute atomic E-state index is 0.110. The predicted molar refractivity (Wildman–Crippen MR) is 54.8 cm³/mol. The first-order valence-corrected chi connectivity index (χ1v) is 5.16. The fourth-order valence-electron chi connectivity index (χ4n) is 1.17. The van der Waals surface area contributed by atoms with Gasteiger partial charge in [0.1, 0.15) is 0 Å². The van der Waals surface area contributed by atoms with Crippen molar-refractivity contribution >= 4 is 17.9 Å². The summed E-state index contributed by atoms with van der Waals surface area (Å²) < 4.78 is 0.920. The van der Waals surface area contributed by atoms with Crippen LogP contribution in [0.2, 0.25) is 0 Å². The summed E-state index contributed by atoms with van der Waals surface area (Å²) in [5.74, 6) is -0.958. The molecular formula is C9H12NO3S+. The monoisotopic (exact) mass is 214 g/mol. The molecule has 1 rings (SSSR count). The number of hydrogen-bond acceptors (Lipinski definition) is 3. The Bertz CT molecular complexity index is 298. The molecule has 4 nitrogen and oxygen atoms in total. The summed E-state index contributed by atoms with van der Waals surface area (Å²) in [7, 11) is 0. The molecule has 0 fully saturated rings. The Morgan fingerprint density at radius 2 is 2.36 bits per heavy atom. The molecule has 14 heavy (non-hydrogen) atoms. The van der Waals surface area contributed by atoms with E-state index in [1.165, 1.54) is 0 Å². The molecule has 0 aromatic heterocycles. The zero-order valence-corrected chi connectivity index (χ0v) is 8.50. The summed E-state index contributed by atoms with van der Waals surface area (Å²) in [6, 6.07) is -0.110. The van der Waals surface area contributed by atoms with Crippen molar-refractivity contribution in [3.63, 3.8) is 0 Å². The van der Waals surface area contributed by atoms with Crippen molar-refractivity contribution in [2.45, 2.75) is 25.3 Å². The number of hydrogen-bond donors (Lipinski definition) is 1. The number of carboxylic acid groups (broad SMARTS) is 1. The van der Waals surface area contributed by atoms with Gasteiger partial charge in [-0.3, -0.25) is 0 Å². The molecule has 0 spiro atoms. The third kappa shape index (κ3) is 2.99. The Kier molecular flexibility index (Phi) is 3.88. The van der Waals surface area contributed by atoms with Crippen LogP contribution in [0.1, 0.15) is 19.3 Å². The Morgan fingerprint density at radius 1 is 1.64 bits per heavy atom. The van der Waals surface area contributed by atoms with Gasteiger partial charge in [0.15, 0.2) is 0 Å². The first kappa shape index (κ1) is 11.0. The molecule has 1 unspecified atom stereocenters. The molecule has 1 heterocycles. The van der Waals surface area contributed by atoms with Crippen molar-refractivity contribution in [1.29, 1.82) is 0 Å². The van der Waals surface area contributed by atoms with Gasteiger partial charge < -0.3 is 5.11 Å². The van der Waals surface area contributed by atoms with Gasteiger partial charge in [0.25, 0.3) is 0 Å². The maximum atomic E-state index is 11.1. The lowest BCUT2D eigenvalue weighted by atomic mass is 10.1. The molecule has 0 radical (unpaired) electrons. The molecule has 0 aliphatic carbocycles. The molecule has 0 saturated heterocycles. The van der Waals surface area contributed by atoms with E-state index in [2.05, 4.69) is 6.58 Å². The van der Waals surface area contributed by atoms with E-state index in [0.717, 1.165) is 16.1 Å². The molecule has 0 amide bonds. The molecule has 0 aromatic rings. The third-order valence-corrected chi connectivity index (χ3v) is 2.77. The minimum Gasteiger partial charge on any atom is -0.478 e. The Balaban J connectivity index is 2.21. The Hall–Kier alpha value is -1.10. The number of nitroso groups, excluding NO2 is 1. The number of rotatable bonds is 5. The van der Waals surface area contributed by atoms with Crippen LogP contribution in [-0.4, -0.2) is 21.3 Å². The van der Waals surface area contributed by atoms with Crippen LogP contribution >= 0.6 is 11.9 Å². The van der Waals surface area contributed by atoms with E-state index in [4.69, 9.17) is 5.11 Å². The molecular weight excluding hydrogens is 202 g/mol. The van der Waals surface area contributed by atoms with Crippen molar-refractivity contribution in [3.8, 4) is 0 Å². The van der Waals surface area contributed by atoms with Crippen molar-refractivity contribution in [2.24, 2.45) is 0 Å². The van der Waals surface area contributed by atoms with Crippen LogP contribution in [0, 0.1) is 4.91 Å². The minimum atomic E-state index is -0.958. The molecule has 0 bridgehead atoms. The smallest absolute Gasteiger partial charge is 0.330 e. The van der Waals surface area contributed by atoms with Gasteiger partial charge in [-0.05, 0) is 12.8 Å². The van der Waals surface area contributed by atoms with Gasteiger partial charge in [-0.15, -0.1) is 0 Å². The second-order valence-corrected chi connectivity index (χ2v) is 3.93. The van der Waals surface area contributed by atoms with Gasteiger partial charge in [-0.25, -0.2) is 4.79 Å². The van der Waals surface area contributed by atoms with Crippen LogP contribution in [0.5, 0.6) is 0 Å². The van der Waals surface area contributed by atoms with Crippen LogP contribution in [0.4, 0.5) is 0 Å². The molecule has 5 heteroatoms. The van der Waals surface area contributed by atoms with Crippen LogP contribution in [0.15, 0.2) is 23.6 Å². The Labute approximate surface area is 86.4 Å². The van der Waals surface area contributed by atoms with Gasteiger partial charge >= 0.3 is 5.97 Å². The first-order chi connectivity index (χ1) is 6.61. The van der Waals surface area contributed by atoms with E-state index < -0.39 is 5.97 Å². The van der Waals surface area contributed by atoms with E-state index in [-0.39, 0.29) is 11.6 Å². The lowest BCUT2D eigenvalue weighted by Crippen LogP contribution is -2.12. The molecule has 1 N–H and O–H groups in total. The van der Waals surface area contributed by atoms with Crippen molar-refractivity contribution in [1.82, 2.24) is 0 Å². The second kappa shape index (κ2) is 4.95. The van der Waals surface area contributed by atoms with Crippen LogP contribution in [0.3, 0.4) is 0 Å². The highest BCUT2D eigenvalue weighted by Crippen LogP contribution is 2.22. The van der Waals surface area contributed by atoms with Gasteiger partial charge in [-0.1, -0.05) is 6.58 Å². The molecule has 0 saturated carbocycles. The van der Waals surface area contributed by atoms with Gasteiger partial charge in [-0.2, -0.15) is 0 Å². The zero-order valence-electron chi connectivity index (χ0n) is 7.68. The standard InChI is InChI=1S/C9H11NO3S/c1-7(9(11)12)3-2-4-8-5-6-14-10(8)13/h5-6,8H,1-4H2/p+1. The first-order valence-electron chi connectivity index (χ1n) is 4.32. The highest BCUT2D eigenvalue weighted by molar-refractivity contribution is 7.96. The van der Waals surface area contributed by atoms with Gasteiger partial charge in [0, 0.05) is 28.4 Å². The van der Waals surface area contributed by atoms with E-state index in [9.17, 15) is 9.70 Å². The normalized spacial score (nSPS) is 20.0. The lowest BCUT2D eigenvalue weighted by Gasteiger charge is -2.00. The van der Waals surface area contributed by atoms with Crippen molar-refractivity contribution in [2.75, 3.05) is 0 Å². The van der Waals surface area contributed by atoms with E-state index in [1.54, 1.807) is 5.41 Å². The molecule has 76 valence electrons. The molecule has 0 aromatic carbocycles. The summed E-state index contributed by atoms with van der Waals surface area (Å²) in [5, 5.41) is 10.3. The highest BCUT2D eigenvalue weighted by atomic mass is 32.2. The predicted octanol–water partition coefficient (Wildman–Crippen LogP) is 2.12. The summed E-state index contributed by atoms with van der Waals surface area (Å²) in [6.07, 6.45) is 3.64. The van der Waals surface area contributed by atoms with Crippen molar-refractivity contribution in [3.05, 3.63) is 28.5 Å². The maximum Gasteiger partial charge on any atom is 0.330 e. The van der Waals surface area contributed by atoms with Crippen molar-refractivity contribution < 1.29 is 14.1 Å². The third-order valence-electron chi connectivity index (χ3n) is 2.02. The lowest BCUT2D eigenvalue weighted by molar-refractivity contribution is -0.401. The largest absolute Gasteiger partial charge is 0.478 e. The Morgan fingerprint density at radius 3 is 2.86 bits per heavy atom. The van der Waals surface area contributed by atoms with E-state index in [1.807, 2.05) is 6.08 Å². The zero-order chi connectivity index (χ0) is 10.6. The molecule has 1 aliphatic rings. The topological polar surface area (TPSA) is 57.4 Å². The fourth-order valence-corrected chi connectivity index (χ4v) is 1.87. The van der Waals surface area contributed by atoms with Crippen LogP contribution in [-0.2, 0) is 4.79 Å². The SMILES string of the molecule is C=C(CCCC1C=CS[N+]1=O)C(=O)O. The summed E-state index contributed by atoms with van der Waals surface area (Å²) in [6.45, 7) is 3.42. The van der Waals surface area contributed by atoms with Gasteiger partial charge in [0.05, 0.1) is 4.17 Å². The fraction of sp³-hybridized carbons (Fsp3) is 0.444. The van der Waals surface area contributed by atoms with E-state index >= 15 is 0 Å². The van der Waals surface area contributed by atoms with Crippen LogP contribution in [0.25, 0.3) is 0 Å². The number of aliphatic carboxylic acids is 1. The maximum absolute atomic E-state index is 11.1. The molecule has 1 atom stereocenters.